The Kier molecular flexibility index (Phi) is 11.1. The molecule has 0 atom stereocenters. The standard InChI is InChI=1S/C26H30N2O4S.C2HF3O2/c1-4-5-15-28(18-21-9-7-6-8-10-21)24-13-12-22(26(29)30)17-23(24)27-33(31,32)25-14-11-19(2)16-20(25)3;3-2(4,5)1(6)7/h6-14,16-17,27H,4-5,15,18H2,1-3H3,(H,29,30);(H,6,7). The molecule has 0 heterocycles. The van der Waals surface area contributed by atoms with Crippen molar-refractivity contribution in [1.82, 2.24) is 0 Å². The molecule has 0 unspecified atom stereocenters. The second kappa shape index (κ2) is 13.8. The van der Waals surface area contributed by atoms with Gasteiger partial charge in [-0.3, -0.25) is 4.72 Å². The second-order valence-corrected chi connectivity index (χ2v) is 10.6. The van der Waals surface area contributed by atoms with Gasteiger partial charge in [0.1, 0.15) is 0 Å². The molecule has 0 amide bonds. The smallest absolute Gasteiger partial charge is 0.478 e. The maximum absolute atomic E-state index is 13.3. The molecule has 0 spiro atoms. The predicted octanol–water partition coefficient (Wildman–Crippen LogP) is 6.24. The van der Waals surface area contributed by atoms with E-state index in [4.69, 9.17) is 9.90 Å². The van der Waals surface area contributed by atoms with Crippen molar-refractivity contribution in [2.45, 2.75) is 51.2 Å². The van der Waals surface area contributed by atoms with Crippen LogP contribution in [-0.4, -0.2) is 43.3 Å². The third-order valence-electron chi connectivity index (χ3n) is 5.69. The maximum atomic E-state index is 13.3. The van der Waals surface area contributed by atoms with Crippen molar-refractivity contribution in [1.29, 1.82) is 0 Å². The number of sulfonamides is 1. The Hall–Kier alpha value is -4.06. The van der Waals surface area contributed by atoms with Gasteiger partial charge >= 0.3 is 18.1 Å². The van der Waals surface area contributed by atoms with Crippen LogP contribution in [0.1, 0.15) is 46.8 Å². The third kappa shape index (κ3) is 9.30. The van der Waals surface area contributed by atoms with Gasteiger partial charge in [-0.15, -0.1) is 0 Å². The zero-order chi connectivity index (χ0) is 30.1. The number of nitrogens with zero attached hydrogens (tertiary/aromatic N) is 1. The highest BCUT2D eigenvalue weighted by atomic mass is 32.2. The van der Waals surface area contributed by atoms with Gasteiger partial charge < -0.3 is 15.1 Å². The highest BCUT2D eigenvalue weighted by molar-refractivity contribution is 7.92. The average Bonchev–Trinajstić information content (AvgIpc) is 2.86. The fraction of sp³-hybridized carbons (Fsp3) is 0.286. The van der Waals surface area contributed by atoms with Gasteiger partial charge in [0, 0.05) is 13.1 Å². The Morgan fingerprint density at radius 2 is 1.57 bits per heavy atom. The summed E-state index contributed by atoms with van der Waals surface area (Å²) in [5.41, 5.74) is 3.60. The number of carboxylic acid groups (broad SMARTS) is 2. The first-order valence-electron chi connectivity index (χ1n) is 12.2. The van der Waals surface area contributed by atoms with Crippen LogP contribution in [0, 0.1) is 13.8 Å². The molecule has 40 heavy (non-hydrogen) atoms. The molecule has 3 N–H and O–H groups in total. The number of alkyl halides is 3. The summed E-state index contributed by atoms with van der Waals surface area (Å²) in [6.45, 7) is 7.03. The van der Waals surface area contributed by atoms with Crippen LogP contribution in [0.25, 0.3) is 0 Å². The largest absolute Gasteiger partial charge is 0.490 e. The zero-order valence-electron chi connectivity index (χ0n) is 22.2. The molecule has 8 nitrogen and oxygen atoms in total. The molecule has 12 heteroatoms. The van der Waals surface area contributed by atoms with Crippen molar-refractivity contribution in [2.75, 3.05) is 16.2 Å². The minimum Gasteiger partial charge on any atom is -0.478 e. The van der Waals surface area contributed by atoms with Crippen molar-refractivity contribution >= 4 is 33.3 Å². The number of unbranched alkanes of at least 4 members (excludes halogenated alkanes) is 1. The number of halogens is 3. The molecule has 0 bridgehead atoms. The number of benzene rings is 3. The molecular formula is C28H31F3N2O6S. The van der Waals surface area contributed by atoms with Gasteiger partial charge in [-0.25, -0.2) is 18.0 Å². The van der Waals surface area contributed by atoms with E-state index >= 15 is 0 Å². The third-order valence-corrected chi connectivity index (χ3v) is 7.21. The molecule has 3 aromatic carbocycles. The lowest BCUT2D eigenvalue weighted by atomic mass is 10.1. The molecule has 216 valence electrons. The number of carbonyl (C=O) groups is 2. The Morgan fingerprint density at radius 1 is 0.950 bits per heavy atom. The lowest BCUT2D eigenvalue weighted by Crippen LogP contribution is -2.26. The van der Waals surface area contributed by atoms with Gasteiger partial charge in [0.05, 0.1) is 21.8 Å². The Labute approximate surface area is 231 Å². The number of rotatable bonds is 10. The van der Waals surface area contributed by atoms with E-state index in [1.165, 1.54) is 12.1 Å². The monoisotopic (exact) mass is 580 g/mol. The number of aliphatic carboxylic acids is 1. The van der Waals surface area contributed by atoms with Crippen LogP contribution < -0.4 is 9.62 Å². The highest BCUT2D eigenvalue weighted by Crippen LogP contribution is 2.32. The quantitative estimate of drug-likeness (QED) is 0.259. The van der Waals surface area contributed by atoms with Gasteiger partial charge in [0.15, 0.2) is 0 Å². The SMILES string of the molecule is CCCCN(Cc1ccccc1)c1ccc(C(=O)O)cc1NS(=O)(=O)c1ccc(C)cc1C.O=C(O)C(F)(F)F. The van der Waals surface area contributed by atoms with Crippen molar-refractivity contribution in [3.8, 4) is 0 Å². The summed E-state index contributed by atoms with van der Waals surface area (Å²) >= 11 is 0. The fourth-order valence-corrected chi connectivity index (χ4v) is 5.06. The molecule has 3 rings (SSSR count). The van der Waals surface area contributed by atoms with Crippen molar-refractivity contribution < 1.29 is 41.4 Å². The Balaban J connectivity index is 0.000000708. The minimum absolute atomic E-state index is 0.0206. The van der Waals surface area contributed by atoms with Crippen LogP contribution in [0.3, 0.4) is 0 Å². The summed E-state index contributed by atoms with van der Waals surface area (Å²) in [6.07, 6.45) is -3.20. The fourth-order valence-electron chi connectivity index (χ4n) is 3.76. The Bertz CT molecular complexity index is 1430. The summed E-state index contributed by atoms with van der Waals surface area (Å²) in [5.74, 6) is -3.87. The van der Waals surface area contributed by atoms with E-state index in [0.717, 1.165) is 24.0 Å². The van der Waals surface area contributed by atoms with Crippen LogP contribution in [0.4, 0.5) is 24.5 Å². The number of aryl methyl sites for hydroxylation is 2. The lowest BCUT2D eigenvalue weighted by molar-refractivity contribution is -0.192. The zero-order valence-corrected chi connectivity index (χ0v) is 23.0. The van der Waals surface area contributed by atoms with Gasteiger partial charge in [-0.05, 0) is 55.7 Å². The number of anilines is 2. The van der Waals surface area contributed by atoms with E-state index in [9.17, 15) is 31.5 Å². The van der Waals surface area contributed by atoms with Gasteiger partial charge in [-0.1, -0.05) is 61.4 Å². The van der Waals surface area contributed by atoms with E-state index in [-0.39, 0.29) is 16.1 Å². The first-order valence-corrected chi connectivity index (χ1v) is 13.7. The molecule has 0 radical (unpaired) electrons. The maximum Gasteiger partial charge on any atom is 0.490 e. The summed E-state index contributed by atoms with van der Waals surface area (Å²) < 4.78 is 61.0. The van der Waals surface area contributed by atoms with Crippen molar-refractivity contribution in [3.05, 3.63) is 89.0 Å². The van der Waals surface area contributed by atoms with Crippen LogP contribution in [0.5, 0.6) is 0 Å². The molecule has 0 saturated heterocycles. The number of hydrogen-bond donors (Lipinski definition) is 3. The summed E-state index contributed by atoms with van der Waals surface area (Å²) in [6, 6.07) is 19.6. The first-order chi connectivity index (χ1) is 18.7. The molecular weight excluding hydrogens is 549 g/mol. The van der Waals surface area contributed by atoms with E-state index < -0.39 is 28.1 Å². The van der Waals surface area contributed by atoms with Gasteiger partial charge in [0.2, 0.25) is 0 Å². The molecule has 0 fully saturated rings. The van der Waals surface area contributed by atoms with Crippen LogP contribution >= 0.6 is 0 Å². The summed E-state index contributed by atoms with van der Waals surface area (Å²) in [5, 5.41) is 16.6. The van der Waals surface area contributed by atoms with Crippen LogP contribution in [-0.2, 0) is 21.4 Å². The van der Waals surface area contributed by atoms with Crippen LogP contribution in [0.2, 0.25) is 0 Å². The first kappa shape index (κ1) is 32.2. The van der Waals surface area contributed by atoms with Crippen molar-refractivity contribution in [3.63, 3.8) is 0 Å². The van der Waals surface area contributed by atoms with Crippen LogP contribution in [0.15, 0.2) is 71.6 Å². The molecule has 0 aliphatic heterocycles. The lowest BCUT2D eigenvalue weighted by Gasteiger charge is -2.28. The number of nitrogens with one attached hydrogen (secondary N) is 1. The van der Waals surface area contributed by atoms with E-state index in [1.807, 2.05) is 43.3 Å². The Morgan fingerprint density at radius 3 is 2.10 bits per heavy atom. The van der Waals surface area contributed by atoms with Gasteiger partial charge in [-0.2, -0.15) is 13.2 Å². The normalized spacial score (nSPS) is 11.2. The second-order valence-electron chi connectivity index (χ2n) is 8.98. The topological polar surface area (TPSA) is 124 Å². The summed E-state index contributed by atoms with van der Waals surface area (Å²) in [7, 11) is -3.92. The predicted molar refractivity (Wildman–Crippen MR) is 146 cm³/mol. The summed E-state index contributed by atoms with van der Waals surface area (Å²) in [4.78, 5) is 22.8. The van der Waals surface area contributed by atoms with E-state index in [1.54, 1.807) is 25.1 Å². The number of aromatic carboxylic acids is 1. The van der Waals surface area contributed by atoms with E-state index in [2.05, 4.69) is 16.5 Å². The average molecular weight is 581 g/mol. The van der Waals surface area contributed by atoms with Gasteiger partial charge in [0.25, 0.3) is 10.0 Å². The van der Waals surface area contributed by atoms with E-state index in [0.29, 0.717) is 24.3 Å². The molecule has 0 aromatic heterocycles. The number of hydrogen-bond acceptors (Lipinski definition) is 5. The molecule has 3 aromatic rings. The molecule has 0 aliphatic rings. The van der Waals surface area contributed by atoms with Crippen molar-refractivity contribution in [2.24, 2.45) is 0 Å². The molecule has 0 aliphatic carbocycles. The molecule has 0 saturated carbocycles. The number of carboxylic acids is 2. The minimum atomic E-state index is -5.08. The highest BCUT2D eigenvalue weighted by Gasteiger charge is 2.38.